The maximum atomic E-state index is 12.6. The quantitative estimate of drug-likeness (QED) is 0.683. The van der Waals surface area contributed by atoms with Crippen LogP contribution >= 0.6 is 0 Å². The molecule has 3 aromatic rings. The van der Waals surface area contributed by atoms with E-state index in [1.807, 2.05) is 19.1 Å². The molecule has 140 valence electrons. The first-order chi connectivity index (χ1) is 13.1. The minimum Gasteiger partial charge on any atom is -0.420 e. The van der Waals surface area contributed by atoms with Crippen LogP contribution in [0.15, 0.2) is 33.3 Å². The number of rotatable bonds is 5. The van der Waals surface area contributed by atoms with Crippen molar-refractivity contribution in [3.63, 3.8) is 0 Å². The second-order valence-corrected chi connectivity index (χ2v) is 6.80. The Morgan fingerprint density at radius 3 is 3.00 bits per heavy atom. The molecule has 4 heterocycles. The molecule has 1 aliphatic rings. The molecular formula is C19H21N5O3. The van der Waals surface area contributed by atoms with Crippen molar-refractivity contribution in [2.24, 2.45) is 0 Å². The van der Waals surface area contributed by atoms with Crippen molar-refractivity contribution in [1.29, 1.82) is 0 Å². The lowest BCUT2D eigenvalue weighted by Crippen LogP contribution is -2.28. The first-order valence-electron chi connectivity index (χ1n) is 9.15. The molecule has 0 aromatic carbocycles. The van der Waals surface area contributed by atoms with Crippen LogP contribution in [-0.4, -0.2) is 44.2 Å². The molecule has 0 radical (unpaired) electrons. The van der Waals surface area contributed by atoms with Crippen LogP contribution in [0, 0.1) is 6.92 Å². The third kappa shape index (κ3) is 3.60. The van der Waals surface area contributed by atoms with Crippen molar-refractivity contribution in [1.82, 2.24) is 25.2 Å². The molecule has 0 saturated carbocycles. The smallest absolute Gasteiger partial charge is 0.276 e. The third-order valence-electron chi connectivity index (χ3n) is 4.70. The van der Waals surface area contributed by atoms with Gasteiger partial charge in [0.2, 0.25) is 11.8 Å². The normalized spacial score (nSPS) is 16.8. The van der Waals surface area contributed by atoms with Crippen LogP contribution in [-0.2, 0) is 6.42 Å². The van der Waals surface area contributed by atoms with Crippen molar-refractivity contribution in [3.05, 3.63) is 47.4 Å². The predicted molar refractivity (Wildman–Crippen MR) is 96.0 cm³/mol. The highest BCUT2D eigenvalue weighted by Crippen LogP contribution is 2.29. The highest BCUT2D eigenvalue weighted by Gasteiger charge is 2.32. The highest BCUT2D eigenvalue weighted by atomic mass is 16.5. The summed E-state index contributed by atoms with van der Waals surface area (Å²) in [4.78, 5) is 18.6. The van der Waals surface area contributed by atoms with Gasteiger partial charge in [0.05, 0.1) is 11.5 Å². The summed E-state index contributed by atoms with van der Waals surface area (Å²) in [5.41, 5.74) is 2.07. The zero-order valence-electron chi connectivity index (χ0n) is 15.4. The van der Waals surface area contributed by atoms with Crippen LogP contribution in [0.25, 0.3) is 11.5 Å². The predicted octanol–water partition coefficient (Wildman–Crippen LogP) is 3.01. The van der Waals surface area contributed by atoms with Gasteiger partial charge in [0, 0.05) is 37.5 Å². The second-order valence-electron chi connectivity index (χ2n) is 6.80. The molecule has 8 nitrogen and oxygen atoms in total. The number of aromatic nitrogens is 4. The zero-order chi connectivity index (χ0) is 18.8. The van der Waals surface area contributed by atoms with Crippen molar-refractivity contribution in [2.45, 2.75) is 39.0 Å². The van der Waals surface area contributed by atoms with Gasteiger partial charge in [0.15, 0.2) is 5.69 Å². The minimum atomic E-state index is -0.119. The standard InChI is InChI=1S/C19H21N5O3/c1-3-4-15-9-16(23-27-15)19(25)24-8-7-14(11-24)18-22-21-17(26-18)13-6-5-12(2)20-10-13/h5-6,9-10,14H,3-4,7-8,11H2,1-2H3. The van der Waals surface area contributed by atoms with Crippen LogP contribution in [0.1, 0.15) is 53.5 Å². The largest absolute Gasteiger partial charge is 0.420 e. The Kier molecular flexibility index (Phi) is 4.70. The van der Waals surface area contributed by atoms with Gasteiger partial charge in [0.1, 0.15) is 5.76 Å². The molecule has 27 heavy (non-hydrogen) atoms. The van der Waals surface area contributed by atoms with Crippen LogP contribution in [0.3, 0.4) is 0 Å². The van der Waals surface area contributed by atoms with Gasteiger partial charge in [-0.3, -0.25) is 9.78 Å². The lowest BCUT2D eigenvalue weighted by Gasteiger charge is -2.13. The molecular weight excluding hydrogens is 346 g/mol. The molecule has 3 aromatic heterocycles. The fourth-order valence-electron chi connectivity index (χ4n) is 3.20. The summed E-state index contributed by atoms with van der Waals surface area (Å²) in [6, 6.07) is 5.54. The third-order valence-corrected chi connectivity index (χ3v) is 4.70. The van der Waals surface area contributed by atoms with Gasteiger partial charge >= 0.3 is 0 Å². The molecule has 4 rings (SSSR count). The fraction of sp³-hybridized carbons (Fsp3) is 0.421. The monoisotopic (exact) mass is 367 g/mol. The minimum absolute atomic E-state index is 0.0237. The Balaban J connectivity index is 1.43. The molecule has 1 aliphatic heterocycles. The number of pyridine rings is 1. The first kappa shape index (κ1) is 17.4. The molecule has 1 amide bonds. The molecule has 0 aliphatic carbocycles. The summed E-state index contributed by atoms with van der Waals surface area (Å²) in [5.74, 6) is 1.64. The van der Waals surface area contributed by atoms with Gasteiger partial charge in [-0.2, -0.15) is 0 Å². The van der Waals surface area contributed by atoms with E-state index >= 15 is 0 Å². The van der Waals surface area contributed by atoms with Gasteiger partial charge < -0.3 is 13.8 Å². The van der Waals surface area contributed by atoms with Crippen LogP contribution in [0.5, 0.6) is 0 Å². The molecule has 8 heteroatoms. The number of hydrogen-bond acceptors (Lipinski definition) is 7. The van der Waals surface area contributed by atoms with E-state index in [9.17, 15) is 4.79 Å². The number of carbonyl (C=O) groups is 1. The lowest BCUT2D eigenvalue weighted by molar-refractivity contribution is 0.0779. The van der Waals surface area contributed by atoms with Crippen LogP contribution in [0.4, 0.5) is 0 Å². The molecule has 1 fully saturated rings. The number of nitrogens with zero attached hydrogens (tertiary/aromatic N) is 5. The summed E-state index contributed by atoms with van der Waals surface area (Å²) in [7, 11) is 0. The van der Waals surface area contributed by atoms with Gasteiger partial charge in [-0.05, 0) is 31.9 Å². The van der Waals surface area contributed by atoms with E-state index in [0.717, 1.165) is 36.3 Å². The Bertz CT molecular complexity index is 931. The summed E-state index contributed by atoms with van der Waals surface area (Å²) in [6.07, 6.45) is 4.22. The average molecular weight is 367 g/mol. The van der Waals surface area contributed by atoms with Crippen LogP contribution < -0.4 is 0 Å². The van der Waals surface area contributed by atoms with E-state index in [0.29, 0.717) is 30.6 Å². The van der Waals surface area contributed by atoms with Crippen LogP contribution in [0.2, 0.25) is 0 Å². The number of aryl methyl sites for hydroxylation is 2. The Morgan fingerprint density at radius 2 is 2.22 bits per heavy atom. The van der Waals surface area contributed by atoms with Crippen molar-refractivity contribution >= 4 is 5.91 Å². The number of carbonyl (C=O) groups excluding carboxylic acids is 1. The molecule has 1 atom stereocenters. The van der Waals surface area contributed by atoms with Gasteiger partial charge in [-0.1, -0.05) is 12.1 Å². The fourth-order valence-corrected chi connectivity index (χ4v) is 3.20. The van der Waals surface area contributed by atoms with E-state index < -0.39 is 0 Å². The van der Waals surface area contributed by atoms with E-state index in [1.54, 1.807) is 17.2 Å². The van der Waals surface area contributed by atoms with Crippen molar-refractivity contribution in [3.8, 4) is 11.5 Å². The van der Waals surface area contributed by atoms with Crippen molar-refractivity contribution in [2.75, 3.05) is 13.1 Å². The van der Waals surface area contributed by atoms with Gasteiger partial charge in [-0.25, -0.2) is 0 Å². The zero-order valence-corrected chi connectivity index (χ0v) is 15.4. The summed E-state index contributed by atoms with van der Waals surface area (Å²) in [6.45, 7) is 5.14. The molecule has 0 bridgehead atoms. The van der Waals surface area contributed by atoms with Gasteiger partial charge in [0.25, 0.3) is 5.91 Å². The molecule has 1 unspecified atom stereocenters. The van der Waals surface area contributed by atoms with E-state index in [4.69, 9.17) is 8.94 Å². The van der Waals surface area contributed by atoms with E-state index in [2.05, 4.69) is 27.3 Å². The molecule has 0 spiro atoms. The Labute approximate surface area is 156 Å². The first-order valence-corrected chi connectivity index (χ1v) is 9.15. The maximum absolute atomic E-state index is 12.6. The number of amides is 1. The molecule has 1 saturated heterocycles. The Morgan fingerprint density at radius 1 is 1.33 bits per heavy atom. The number of hydrogen-bond donors (Lipinski definition) is 0. The van der Waals surface area contributed by atoms with E-state index in [-0.39, 0.29) is 11.8 Å². The lowest BCUT2D eigenvalue weighted by atomic mass is 10.1. The highest BCUT2D eigenvalue weighted by molar-refractivity contribution is 5.92. The van der Waals surface area contributed by atoms with Crippen molar-refractivity contribution < 1.29 is 13.7 Å². The van der Waals surface area contributed by atoms with E-state index in [1.165, 1.54) is 0 Å². The average Bonchev–Trinajstić information content (AvgIpc) is 3.42. The number of likely N-dealkylation sites (tertiary alicyclic amines) is 1. The molecule has 0 N–H and O–H groups in total. The second kappa shape index (κ2) is 7.30. The summed E-state index contributed by atoms with van der Waals surface area (Å²) in [5, 5.41) is 12.2. The van der Waals surface area contributed by atoms with Gasteiger partial charge in [-0.15, -0.1) is 10.2 Å². The topological polar surface area (TPSA) is 98.2 Å². The Hall–Kier alpha value is -3.03. The summed E-state index contributed by atoms with van der Waals surface area (Å²) < 4.78 is 11.0. The summed E-state index contributed by atoms with van der Waals surface area (Å²) >= 11 is 0. The SMILES string of the molecule is CCCc1cc(C(=O)N2CCC(c3nnc(-c4ccc(C)nc4)o3)C2)no1. The maximum Gasteiger partial charge on any atom is 0.276 e.